The van der Waals surface area contributed by atoms with Crippen LogP contribution in [0.1, 0.15) is 33.6 Å². The molecule has 0 aromatic carbocycles. The standard InChI is InChI=1S/C12H24N4O3/c1-12(2,3)5-8(13)4-11(19)16(6-9(14)17)7-10(15)18/h8H,4-7,13H2,1-3H3,(H2,14,17)(H2,15,18). The van der Waals surface area contributed by atoms with Crippen molar-refractivity contribution in [3.8, 4) is 0 Å². The van der Waals surface area contributed by atoms with Gasteiger partial charge in [0.25, 0.3) is 0 Å². The molecule has 7 nitrogen and oxygen atoms in total. The van der Waals surface area contributed by atoms with Gasteiger partial charge < -0.3 is 22.1 Å². The van der Waals surface area contributed by atoms with Gasteiger partial charge >= 0.3 is 0 Å². The van der Waals surface area contributed by atoms with Gasteiger partial charge in [0.15, 0.2) is 0 Å². The summed E-state index contributed by atoms with van der Waals surface area (Å²) in [5.74, 6) is -1.78. The smallest absolute Gasteiger partial charge is 0.237 e. The fraction of sp³-hybridized carbons (Fsp3) is 0.750. The molecule has 7 heteroatoms. The Hall–Kier alpha value is -1.63. The highest BCUT2D eigenvalue weighted by Gasteiger charge is 2.23. The Morgan fingerprint density at radius 3 is 1.79 bits per heavy atom. The normalized spacial score (nSPS) is 12.8. The van der Waals surface area contributed by atoms with E-state index in [-0.39, 0.29) is 31.0 Å². The second-order valence-corrected chi connectivity index (χ2v) is 5.91. The molecule has 0 bridgehead atoms. The molecule has 0 aromatic rings. The summed E-state index contributed by atoms with van der Waals surface area (Å²) in [6, 6.07) is -0.337. The Bertz CT molecular complexity index is 333. The first-order chi connectivity index (χ1) is 8.51. The van der Waals surface area contributed by atoms with Crippen LogP contribution >= 0.6 is 0 Å². The van der Waals surface area contributed by atoms with Gasteiger partial charge in [-0.15, -0.1) is 0 Å². The lowest BCUT2D eigenvalue weighted by Gasteiger charge is -2.25. The highest BCUT2D eigenvalue weighted by Crippen LogP contribution is 2.21. The van der Waals surface area contributed by atoms with Gasteiger partial charge in [-0.1, -0.05) is 20.8 Å². The van der Waals surface area contributed by atoms with E-state index < -0.39 is 17.7 Å². The molecule has 19 heavy (non-hydrogen) atoms. The van der Waals surface area contributed by atoms with E-state index in [1.54, 1.807) is 0 Å². The number of amides is 3. The molecule has 0 saturated carbocycles. The Kier molecular flexibility index (Phi) is 6.47. The number of rotatable bonds is 7. The van der Waals surface area contributed by atoms with Crippen LogP contribution < -0.4 is 17.2 Å². The average Bonchev–Trinajstić information content (AvgIpc) is 2.11. The molecule has 110 valence electrons. The summed E-state index contributed by atoms with van der Waals surface area (Å²) in [6.07, 6.45) is 0.706. The Morgan fingerprint density at radius 2 is 1.47 bits per heavy atom. The third kappa shape index (κ3) is 9.01. The lowest BCUT2D eigenvalue weighted by Crippen LogP contribution is -2.45. The van der Waals surface area contributed by atoms with Gasteiger partial charge in [-0.25, -0.2) is 0 Å². The van der Waals surface area contributed by atoms with Crippen molar-refractivity contribution in [1.29, 1.82) is 0 Å². The van der Waals surface area contributed by atoms with Crippen LogP contribution in [-0.2, 0) is 14.4 Å². The highest BCUT2D eigenvalue weighted by atomic mass is 16.2. The van der Waals surface area contributed by atoms with E-state index >= 15 is 0 Å². The van der Waals surface area contributed by atoms with Crippen molar-refractivity contribution >= 4 is 17.7 Å². The van der Waals surface area contributed by atoms with Crippen LogP contribution in [-0.4, -0.2) is 41.8 Å². The zero-order valence-electron chi connectivity index (χ0n) is 11.8. The molecule has 0 aliphatic carbocycles. The summed E-state index contributed by atoms with van der Waals surface area (Å²) in [7, 11) is 0. The first-order valence-corrected chi connectivity index (χ1v) is 6.11. The molecule has 0 rings (SSSR count). The number of carbonyl (C=O) groups excluding carboxylic acids is 3. The minimum atomic E-state index is -0.695. The van der Waals surface area contributed by atoms with Gasteiger partial charge in [0.05, 0.1) is 13.1 Å². The van der Waals surface area contributed by atoms with Crippen molar-refractivity contribution < 1.29 is 14.4 Å². The number of hydrogen-bond donors (Lipinski definition) is 3. The van der Waals surface area contributed by atoms with Crippen LogP contribution in [0.15, 0.2) is 0 Å². The van der Waals surface area contributed by atoms with Crippen LogP contribution in [0.4, 0.5) is 0 Å². The summed E-state index contributed by atoms with van der Waals surface area (Å²) in [5, 5.41) is 0. The van der Waals surface area contributed by atoms with Crippen molar-refractivity contribution in [2.75, 3.05) is 13.1 Å². The molecule has 0 heterocycles. The van der Waals surface area contributed by atoms with Crippen molar-refractivity contribution in [3.05, 3.63) is 0 Å². The Morgan fingerprint density at radius 1 is 1.05 bits per heavy atom. The van der Waals surface area contributed by atoms with E-state index in [1.165, 1.54) is 0 Å². The molecule has 6 N–H and O–H groups in total. The second kappa shape index (κ2) is 7.08. The maximum absolute atomic E-state index is 11.9. The molecule has 0 radical (unpaired) electrons. The second-order valence-electron chi connectivity index (χ2n) is 5.91. The maximum atomic E-state index is 11.9. The fourth-order valence-electron chi connectivity index (χ4n) is 1.82. The molecule has 0 spiro atoms. The first-order valence-electron chi connectivity index (χ1n) is 6.11. The van der Waals surface area contributed by atoms with Gasteiger partial charge in [0, 0.05) is 12.5 Å². The van der Waals surface area contributed by atoms with E-state index in [0.717, 1.165) is 4.90 Å². The number of primary amides is 2. The van der Waals surface area contributed by atoms with Crippen LogP contribution in [0.3, 0.4) is 0 Å². The third-order valence-corrected chi connectivity index (χ3v) is 2.36. The van der Waals surface area contributed by atoms with Gasteiger partial charge in [0.2, 0.25) is 17.7 Å². The summed E-state index contributed by atoms with van der Waals surface area (Å²) in [4.78, 5) is 34.7. The number of nitrogens with zero attached hydrogens (tertiary/aromatic N) is 1. The molecule has 0 saturated heterocycles. The van der Waals surface area contributed by atoms with E-state index in [2.05, 4.69) is 0 Å². The first kappa shape index (κ1) is 17.4. The van der Waals surface area contributed by atoms with Crippen molar-refractivity contribution in [1.82, 2.24) is 4.90 Å². The zero-order chi connectivity index (χ0) is 15.2. The molecule has 0 aromatic heterocycles. The van der Waals surface area contributed by atoms with E-state index in [1.807, 2.05) is 20.8 Å². The van der Waals surface area contributed by atoms with Crippen LogP contribution in [0.2, 0.25) is 0 Å². The molecular formula is C12H24N4O3. The molecule has 3 amide bonds. The summed E-state index contributed by atoms with van der Waals surface area (Å²) in [6.45, 7) is 5.39. The van der Waals surface area contributed by atoms with Crippen molar-refractivity contribution in [3.63, 3.8) is 0 Å². The predicted molar refractivity (Wildman–Crippen MR) is 71.6 cm³/mol. The topological polar surface area (TPSA) is 133 Å². The largest absolute Gasteiger partial charge is 0.368 e. The minimum absolute atomic E-state index is 0.00208. The number of hydrogen-bond acceptors (Lipinski definition) is 4. The minimum Gasteiger partial charge on any atom is -0.368 e. The van der Waals surface area contributed by atoms with Gasteiger partial charge in [-0.05, 0) is 11.8 Å². The van der Waals surface area contributed by atoms with Crippen LogP contribution in [0, 0.1) is 5.41 Å². The monoisotopic (exact) mass is 272 g/mol. The lowest BCUT2D eigenvalue weighted by molar-refractivity contribution is -0.138. The number of carbonyl (C=O) groups is 3. The SMILES string of the molecule is CC(C)(C)CC(N)CC(=O)N(CC(N)=O)CC(N)=O. The molecule has 0 aliphatic heterocycles. The quantitative estimate of drug-likeness (QED) is 0.544. The van der Waals surface area contributed by atoms with E-state index in [4.69, 9.17) is 17.2 Å². The average molecular weight is 272 g/mol. The Balaban J connectivity index is 4.54. The highest BCUT2D eigenvalue weighted by molar-refractivity contribution is 5.88. The summed E-state index contributed by atoms with van der Waals surface area (Å²) in [5.41, 5.74) is 15.9. The van der Waals surface area contributed by atoms with Gasteiger partial charge in [-0.3, -0.25) is 14.4 Å². The predicted octanol–water partition coefficient (Wildman–Crippen LogP) is -1.06. The lowest BCUT2D eigenvalue weighted by atomic mass is 9.87. The molecule has 1 atom stereocenters. The van der Waals surface area contributed by atoms with E-state index in [9.17, 15) is 14.4 Å². The van der Waals surface area contributed by atoms with Crippen LogP contribution in [0.5, 0.6) is 0 Å². The molecular weight excluding hydrogens is 248 g/mol. The number of nitrogens with two attached hydrogens (primary N) is 3. The van der Waals surface area contributed by atoms with E-state index in [0.29, 0.717) is 6.42 Å². The molecule has 0 aliphatic rings. The van der Waals surface area contributed by atoms with Crippen LogP contribution in [0.25, 0.3) is 0 Å². The molecule has 0 fully saturated rings. The van der Waals surface area contributed by atoms with Crippen molar-refractivity contribution in [2.24, 2.45) is 22.6 Å². The third-order valence-electron chi connectivity index (χ3n) is 2.36. The Labute approximate surface area is 113 Å². The maximum Gasteiger partial charge on any atom is 0.237 e. The summed E-state index contributed by atoms with van der Waals surface area (Å²) >= 11 is 0. The zero-order valence-corrected chi connectivity index (χ0v) is 11.8. The molecule has 1 unspecified atom stereocenters. The summed E-state index contributed by atoms with van der Waals surface area (Å²) < 4.78 is 0. The fourth-order valence-corrected chi connectivity index (χ4v) is 1.82. The van der Waals surface area contributed by atoms with Gasteiger partial charge in [-0.2, -0.15) is 0 Å². The van der Waals surface area contributed by atoms with Gasteiger partial charge in [0.1, 0.15) is 0 Å². The van der Waals surface area contributed by atoms with Crippen molar-refractivity contribution in [2.45, 2.75) is 39.7 Å².